The highest BCUT2D eigenvalue weighted by molar-refractivity contribution is 6.30. The van der Waals surface area contributed by atoms with Gasteiger partial charge in [0.15, 0.2) is 11.6 Å². The van der Waals surface area contributed by atoms with Crippen LogP contribution in [0, 0.1) is 17.0 Å². The quantitative estimate of drug-likeness (QED) is 0.494. The number of hydrogen-bond acceptors (Lipinski definition) is 7. The van der Waals surface area contributed by atoms with E-state index in [-0.39, 0.29) is 18.0 Å². The maximum Gasteiger partial charge on any atom is 0.311 e. The molecule has 0 aliphatic rings. The van der Waals surface area contributed by atoms with Crippen molar-refractivity contribution in [2.24, 2.45) is 5.84 Å². The Kier molecular flexibility index (Phi) is 4.51. The summed E-state index contributed by atoms with van der Waals surface area (Å²) in [6.07, 6.45) is 0. The van der Waals surface area contributed by atoms with E-state index in [1.165, 1.54) is 18.2 Å². The van der Waals surface area contributed by atoms with E-state index in [4.69, 9.17) is 22.2 Å². The lowest BCUT2D eigenvalue weighted by Crippen LogP contribution is -2.12. The smallest absolute Gasteiger partial charge is 0.311 e. The van der Waals surface area contributed by atoms with Gasteiger partial charge in [-0.25, -0.2) is 15.8 Å². The van der Waals surface area contributed by atoms with E-state index in [2.05, 4.69) is 15.4 Å². The van der Waals surface area contributed by atoms with Crippen LogP contribution in [-0.2, 0) is 6.61 Å². The number of anilines is 1. The van der Waals surface area contributed by atoms with Crippen molar-refractivity contribution in [2.45, 2.75) is 13.5 Å². The van der Waals surface area contributed by atoms with E-state index in [1.54, 1.807) is 13.0 Å². The lowest BCUT2D eigenvalue weighted by Gasteiger charge is -2.08. The molecule has 1 aromatic carbocycles. The molecule has 8 nitrogen and oxygen atoms in total. The molecule has 21 heavy (non-hydrogen) atoms. The summed E-state index contributed by atoms with van der Waals surface area (Å²) >= 11 is 5.82. The molecule has 0 unspecified atom stereocenters. The van der Waals surface area contributed by atoms with Crippen molar-refractivity contribution in [3.63, 3.8) is 0 Å². The zero-order valence-corrected chi connectivity index (χ0v) is 11.8. The number of aryl methyl sites for hydroxylation is 1. The van der Waals surface area contributed by atoms with Gasteiger partial charge in [0.05, 0.1) is 4.92 Å². The van der Waals surface area contributed by atoms with E-state index in [1.807, 2.05) is 0 Å². The minimum atomic E-state index is -0.546. The molecule has 9 heteroatoms. The van der Waals surface area contributed by atoms with Gasteiger partial charge in [-0.05, 0) is 13.0 Å². The number of halogens is 1. The van der Waals surface area contributed by atoms with Crippen LogP contribution in [0.3, 0.4) is 0 Å². The van der Waals surface area contributed by atoms with Crippen LogP contribution in [0.15, 0.2) is 24.3 Å². The van der Waals surface area contributed by atoms with Gasteiger partial charge < -0.3 is 10.2 Å². The Labute approximate surface area is 125 Å². The van der Waals surface area contributed by atoms with Gasteiger partial charge in [0.2, 0.25) is 0 Å². The number of hydrazine groups is 1. The van der Waals surface area contributed by atoms with Gasteiger partial charge >= 0.3 is 5.69 Å². The molecule has 0 fully saturated rings. The first-order chi connectivity index (χ1) is 9.99. The van der Waals surface area contributed by atoms with Crippen LogP contribution >= 0.6 is 11.6 Å². The van der Waals surface area contributed by atoms with Gasteiger partial charge in [-0.15, -0.1) is 0 Å². The van der Waals surface area contributed by atoms with Gasteiger partial charge in [-0.1, -0.05) is 11.6 Å². The third-order valence-electron chi connectivity index (χ3n) is 2.52. The third-order valence-corrected chi connectivity index (χ3v) is 2.76. The average Bonchev–Trinajstić information content (AvgIpc) is 2.44. The molecular weight excluding hydrogens is 298 g/mol. The number of aromatic nitrogens is 2. The number of nitrogens with two attached hydrogens (primary N) is 1. The first-order valence-corrected chi connectivity index (χ1v) is 6.25. The summed E-state index contributed by atoms with van der Waals surface area (Å²) in [5.74, 6) is 6.12. The Morgan fingerprint density at radius 3 is 2.86 bits per heavy atom. The molecule has 0 atom stereocenters. The van der Waals surface area contributed by atoms with Crippen molar-refractivity contribution < 1.29 is 9.66 Å². The fraction of sp³-hybridized carbons (Fsp3) is 0.167. The third kappa shape index (κ3) is 3.77. The Hall–Kier alpha value is -2.45. The molecule has 0 radical (unpaired) electrons. The van der Waals surface area contributed by atoms with Gasteiger partial charge in [-0.2, -0.15) is 0 Å². The van der Waals surface area contributed by atoms with E-state index in [0.29, 0.717) is 22.4 Å². The molecule has 1 aromatic heterocycles. The summed E-state index contributed by atoms with van der Waals surface area (Å²) < 4.78 is 5.40. The molecule has 2 aromatic rings. The minimum absolute atomic E-state index is 0.0441. The van der Waals surface area contributed by atoms with Crippen molar-refractivity contribution in [3.05, 3.63) is 50.9 Å². The Morgan fingerprint density at radius 2 is 2.19 bits per heavy atom. The molecule has 0 aliphatic carbocycles. The maximum absolute atomic E-state index is 10.9. The Balaban J connectivity index is 2.22. The molecule has 0 saturated heterocycles. The van der Waals surface area contributed by atoms with Crippen LogP contribution < -0.4 is 16.0 Å². The summed E-state index contributed by atoms with van der Waals surface area (Å²) in [6.45, 7) is 1.73. The van der Waals surface area contributed by atoms with Crippen LogP contribution in [0.1, 0.15) is 11.5 Å². The van der Waals surface area contributed by atoms with E-state index in [0.717, 1.165) is 0 Å². The molecule has 0 saturated carbocycles. The fourth-order valence-corrected chi connectivity index (χ4v) is 1.83. The van der Waals surface area contributed by atoms with Crippen molar-refractivity contribution in [3.8, 4) is 5.75 Å². The summed E-state index contributed by atoms with van der Waals surface area (Å²) in [4.78, 5) is 18.6. The predicted molar refractivity (Wildman–Crippen MR) is 77.0 cm³/mol. The fourth-order valence-electron chi connectivity index (χ4n) is 1.67. The lowest BCUT2D eigenvalue weighted by atomic mass is 10.3. The zero-order valence-electron chi connectivity index (χ0n) is 11.0. The molecular formula is C12H12ClN5O3. The standard InChI is InChI=1S/C12H12ClN5O3/c1-7-4-11(17-14)16-12(15-7)6-21-10-5-8(13)2-3-9(10)18(19)20/h2-5H,6,14H2,1H3,(H,15,16,17). The van der Waals surface area contributed by atoms with Crippen molar-refractivity contribution in [1.82, 2.24) is 9.97 Å². The highest BCUT2D eigenvalue weighted by Gasteiger charge is 2.16. The molecule has 0 bridgehead atoms. The number of ether oxygens (including phenoxy) is 1. The minimum Gasteiger partial charge on any atom is -0.479 e. The first kappa shape index (κ1) is 14.9. The molecule has 0 spiro atoms. The van der Waals surface area contributed by atoms with E-state index >= 15 is 0 Å². The zero-order chi connectivity index (χ0) is 15.4. The molecule has 2 rings (SSSR count). The summed E-state index contributed by atoms with van der Waals surface area (Å²) in [7, 11) is 0. The van der Waals surface area contributed by atoms with Crippen LogP contribution in [0.5, 0.6) is 5.75 Å². The largest absolute Gasteiger partial charge is 0.479 e. The molecule has 1 heterocycles. The lowest BCUT2D eigenvalue weighted by molar-refractivity contribution is -0.385. The second-order valence-corrected chi connectivity index (χ2v) is 4.55. The van der Waals surface area contributed by atoms with Crippen LogP contribution in [-0.4, -0.2) is 14.9 Å². The monoisotopic (exact) mass is 309 g/mol. The molecule has 3 N–H and O–H groups in total. The highest BCUT2D eigenvalue weighted by atomic mass is 35.5. The second kappa shape index (κ2) is 6.33. The number of hydrogen-bond donors (Lipinski definition) is 2. The number of nitro groups is 1. The van der Waals surface area contributed by atoms with Crippen molar-refractivity contribution >= 4 is 23.1 Å². The number of nitrogens with one attached hydrogen (secondary N) is 1. The number of nitrogens with zero attached hydrogens (tertiary/aromatic N) is 3. The van der Waals surface area contributed by atoms with Crippen LogP contribution in [0.25, 0.3) is 0 Å². The summed E-state index contributed by atoms with van der Waals surface area (Å²) in [5.41, 5.74) is 2.92. The maximum atomic E-state index is 10.9. The summed E-state index contributed by atoms with van der Waals surface area (Å²) in [5, 5.41) is 11.3. The van der Waals surface area contributed by atoms with Gasteiger partial charge in [0, 0.05) is 28.9 Å². The second-order valence-electron chi connectivity index (χ2n) is 4.11. The first-order valence-electron chi connectivity index (χ1n) is 5.87. The van der Waals surface area contributed by atoms with Gasteiger partial charge in [0.25, 0.3) is 0 Å². The van der Waals surface area contributed by atoms with Crippen LogP contribution in [0.4, 0.5) is 11.5 Å². The molecule has 0 aliphatic heterocycles. The van der Waals surface area contributed by atoms with Gasteiger partial charge in [0.1, 0.15) is 12.4 Å². The van der Waals surface area contributed by atoms with Crippen molar-refractivity contribution in [2.75, 3.05) is 5.43 Å². The number of nitrogen functional groups attached to an aromatic ring is 1. The SMILES string of the molecule is Cc1cc(NN)nc(COc2cc(Cl)ccc2[N+](=O)[O-])n1. The average molecular weight is 310 g/mol. The molecule has 110 valence electrons. The number of nitro benzene ring substituents is 1. The van der Waals surface area contributed by atoms with Crippen molar-refractivity contribution in [1.29, 1.82) is 0 Å². The Bertz CT molecular complexity index is 680. The number of rotatable bonds is 5. The number of benzene rings is 1. The Morgan fingerprint density at radius 1 is 1.43 bits per heavy atom. The normalized spacial score (nSPS) is 10.2. The highest BCUT2D eigenvalue weighted by Crippen LogP contribution is 2.30. The van der Waals surface area contributed by atoms with Gasteiger partial charge in [-0.3, -0.25) is 10.1 Å². The topological polar surface area (TPSA) is 116 Å². The summed E-state index contributed by atoms with van der Waals surface area (Å²) in [6, 6.07) is 5.73. The predicted octanol–water partition coefficient (Wildman–Crippen LogP) is 2.21. The van der Waals surface area contributed by atoms with Crippen LogP contribution in [0.2, 0.25) is 5.02 Å². The van der Waals surface area contributed by atoms with E-state index < -0.39 is 4.92 Å². The van der Waals surface area contributed by atoms with E-state index in [9.17, 15) is 10.1 Å². The molecule has 0 amide bonds.